The number of aromatic nitrogens is 1. The summed E-state index contributed by atoms with van der Waals surface area (Å²) in [5.41, 5.74) is 1.04. The molecule has 1 N–H and O–H groups in total. The third-order valence-corrected chi connectivity index (χ3v) is 3.31. The van der Waals surface area contributed by atoms with E-state index in [1.807, 2.05) is 6.20 Å². The lowest BCUT2D eigenvalue weighted by Crippen LogP contribution is -2.36. The fraction of sp³-hybridized carbons (Fsp3) is 0.643. The van der Waals surface area contributed by atoms with Gasteiger partial charge in [0.15, 0.2) is 0 Å². The van der Waals surface area contributed by atoms with Crippen LogP contribution in [0.3, 0.4) is 0 Å². The molecule has 0 spiro atoms. The quantitative estimate of drug-likeness (QED) is 0.849. The number of hydrogen-bond donors (Lipinski definition) is 1. The number of ether oxygens (including phenoxy) is 2. The zero-order chi connectivity index (χ0) is 13.5. The first kappa shape index (κ1) is 14.1. The monoisotopic (exact) mass is 265 g/mol. The first-order valence-corrected chi connectivity index (χ1v) is 6.87. The molecule has 5 heteroatoms. The maximum atomic E-state index is 5.34. The van der Waals surface area contributed by atoms with Crippen molar-refractivity contribution in [2.45, 2.75) is 19.4 Å². The van der Waals surface area contributed by atoms with E-state index in [4.69, 9.17) is 9.47 Å². The molecular formula is C14H23N3O2. The highest BCUT2D eigenvalue weighted by molar-refractivity contribution is 5.49. The molecule has 5 nitrogen and oxygen atoms in total. The summed E-state index contributed by atoms with van der Waals surface area (Å²) in [4.78, 5) is 6.77. The Morgan fingerprint density at radius 3 is 2.79 bits per heavy atom. The lowest BCUT2D eigenvalue weighted by Gasteiger charge is -2.28. The smallest absolute Gasteiger partial charge is 0.128 e. The van der Waals surface area contributed by atoms with Gasteiger partial charge in [0.2, 0.25) is 0 Å². The fourth-order valence-corrected chi connectivity index (χ4v) is 2.15. The van der Waals surface area contributed by atoms with E-state index in [9.17, 15) is 0 Å². The number of anilines is 2. The van der Waals surface area contributed by atoms with E-state index in [2.05, 4.69) is 34.3 Å². The van der Waals surface area contributed by atoms with E-state index in [-0.39, 0.29) is 0 Å². The summed E-state index contributed by atoms with van der Waals surface area (Å²) >= 11 is 0. The molecule has 1 aromatic rings. The molecular weight excluding hydrogens is 242 g/mol. The molecule has 0 saturated carbocycles. The molecule has 0 aliphatic carbocycles. The van der Waals surface area contributed by atoms with E-state index in [1.54, 1.807) is 7.11 Å². The molecule has 2 rings (SSSR count). The molecule has 2 heterocycles. The van der Waals surface area contributed by atoms with Gasteiger partial charge in [0, 0.05) is 26.2 Å². The maximum absolute atomic E-state index is 5.34. The second-order valence-electron chi connectivity index (χ2n) is 4.71. The first-order valence-electron chi connectivity index (χ1n) is 6.87. The molecule has 106 valence electrons. The van der Waals surface area contributed by atoms with Crippen LogP contribution in [0.15, 0.2) is 18.3 Å². The molecule has 1 unspecified atom stereocenters. The second-order valence-corrected chi connectivity index (χ2v) is 4.71. The van der Waals surface area contributed by atoms with Gasteiger partial charge >= 0.3 is 0 Å². The lowest BCUT2D eigenvalue weighted by molar-refractivity contribution is 0.122. The minimum atomic E-state index is 0.334. The highest BCUT2D eigenvalue weighted by Gasteiger charge is 2.12. The Bertz CT molecular complexity index is 363. The summed E-state index contributed by atoms with van der Waals surface area (Å²) in [5.74, 6) is 1.02. The van der Waals surface area contributed by atoms with Gasteiger partial charge in [0.1, 0.15) is 5.82 Å². The maximum Gasteiger partial charge on any atom is 0.128 e. The molecule has 1 aliphatic rings. The van der Waals surface area contributed by atoms with E-state index >= 15 is 0 Å². The standard InChI is InChI=1S/C14H23N3O2/c1-3-12(11-18-2)16-13-4-5-14(15-10-13)17-6-8-19-9-7-17/h4-5,10,12,16H,3,6-9,11H2,1-2H3. The molecule has 0 radical (unpaired) electrons. The Morgan fingerprint density at radius 2 is 2.21 bits per heavy atom. The summed E-state index contributed by atoms with van der Waals surface area (Å²) in [6, 6.07) is 4.48. The van der Waals surface area contributed by atoms with Crippen LogP contribution in [0.5, 0.6) is 0 Å². The number of methoxy groups -OCH3 is 1. The van der Waals surface area contributed by atoms with Gasteiger partial charge in [-0.05, 0) is 18.6 Å². The van der Waals surface area contributed by atoms with Crippen molar-refractivity contribution in [2.24, 2.45) is 0 Å². The summed E-state index contributed by atoms with van der Waals surface area (Å²) in [5, 5.41) is 3.43. The second kappa shape index (κ2) is 7.31. The topological polar surface area (TPSA) is 46.6 Å². The number of nitrogens with zero attached hydrogens (tertiary/aromatic N) is 2. The van der Waals surface area contributed by atoms with Crippen LogP contribution in [0, 0.1) is 0 Å². The van der Waals surface area contributed by atoms with E-state index in [0.717, 1.165) is 44.2 Å². The first-order chi connectivity index (χ1) is 9.33. The van der Waals surface area contributed by atoms with E-state index in [0.29, 0.717) is 12.6 Å². The predicted molar refractivity (Wildman–Crippen MR) is 76.8 cm³/mol. The van der Waals surface area contributed by atoms with Crippen LogP contribution < -0.4 is 10.2 Å². The number of hydrogen-bond acceptors (Lipinski definition) is 5. The predicted octanol–water partition coefficient (Wildman–Crippen LogP) is 1.76. The highest BCUT2D eigenvalue weighted by atomic mass is 16.5. The molecule has 1 aromatic heterocycles. The third kappa shape index (κ3) is 4.08. The van der Waals surface area contributed by atoms with Crippen molar-refractivity contribution in [1.82, 2.24) is 4.98 Å². The van der Waals surface area contributed by atoms with Crippen LogP contribution in [0.4, 0.5) is 11.5 Å². The Morgan fingerprint density at radius 1 is 1.42 bits per heavy atom. The zero-order valence-electron chi connectivity index (χ0n) is 11.8. The van der Waals surface area contributed by atoms with Gasteiger partial charge in [-0.1, -0.05) is 6.92 Å². The van der Waals surface area contributed by atoms with Crippen LogP contribution in [0.2, 0.25) is 0 Å². The van der Waals surface area contributed by atoms with Crippen LogP contribution in [0.25, 0.3) is 0 Å². The summed E-state index contributed by atoms with van der Waals surface area (Å²) in [6.45, 7) is 6.26. The van der Waals surface area contributed by atoms with Crippen LogP contribution >= 0.6 is 0 Å². The molecule has 1 saturated heterocycles. The average molecular weight is 265 g/mol. The Labute approximate surface area is 114 Å². The van der Waals surface area contributed by atoms with Crippen molar-refractivity contribution in [3.05, 3.63) is 18.3 Å². The normalized spacial score (nSPS) is 17.3. The summed E-state index contributed by atoms with van der Waals surface area (Å²) in [6.07, 6.45) is 2.92. The molecule has 0 amide bonds. The van der Waals surface area contributed by atoms with Crippen molar-refractivity contribution in [2.75, 3.05) is 50.2 Å². The van der Waals surface area contributed by atoms with Gasteiger partial charge in [-0.15, -0.1) is 0 Å². The SMILES string of the molecule is CCC(COC)Nc1ccc(N2CCOCC2)nc1. The Balaban J connectivity index is 1.93. The number of pyridine rings is 1. The third-order valence-electron chi connectivity index (χ3n) is 3.31. The van der Waals surface area contributed by atoms with Gasteiger partial charge in [0.05, 0.1) is 31.7 Å². The molecule has 1 aliphatic heterocycles. The van der Waals surface area contributed by atoms with E-state index in [1.165, 1.54) is 0 Å². The fourth-order valence-electron chi connectivity index (χ4n) is 2.15. The Kier molecular flexibility index (Phi) is 5.42. The van der Waals surface area contributed by atoms with Crippen molar-refractivity contribution >= 4 is 11.5 Å². The van der Waals surface area contributed by atoms with Gasteiger partial charge in [-0.3, -0.25) is 0 Å². The Hall–Kier alpha value is -1.33. The van der Waals surface area contributed by atoms with Crippen molar-refractivity contribution in [1.29, 1.82) is 0 Å². The van der Waals surface area contributed by atoms with Gasteiger partial charge < -0.3 is 19.7 Å². The molecule has 19 heavy (non-hydrogen) atoms. The minimum Gasteiger partial charge on any atom is -0.383 e. The summed E-state index contributed by atoms with van der Waals surface area (Å²) in [7, 11) is 1.73. The van der Waals surface area contributed by atoms with Crippen molar-refractivity contribution < 1.29 is 9.47 Å². The molecule has 1 atom stereocenters. The minimum absolute atomic E-state index is 0.334. The summed E-state index contributed by atoms with van der Waals surface area (Å²) < 4.78 is 10.5. The van der Waals surface area contributed by atoms with Gasteiger partial charge in [-0.2, -0.15) is 0 Å². The number of rotatable bonds is 6. The molecule has 1 fully saturated rings. The molecule has 0 aromatic carbocycles. The van der Waals surface area contributed by atoms with Crippen LogP contribution in [0.1, 0.15) is 13.3 Å². The average Bonchev–Trinajstić information content (AvgIpc) is 2.48. The highest BCUT2D eigenvalue weighted by Crippen LogP contribution is 2.16. The zero-order valence-corrected chi connectivity index (χ0v) is 11.8. The van der Waals surface area contributed by atoms with Gasteiger partial charge in [0.25, 0.3) is 0 Å². The largest absolute Gasteiger partial charge is 0.383 e. The van der Waals surface area contributed by atoms with Crippen molar-refractivity contribution in [3.8, 4) is 0 Å². The van der Waals surface area contributed by atoms with Crippen LogP contribution in [-0.2, 0) is 9.47 Å². The number of morpholine rings is 1. The molecule has 0 bridgehead atoms. The van der Waals surface area contributed by atoms with Crippen LogP contribution in [-0.4, -0.2) is 51.0 Å². The van der Waals surface area contributed by atoms with Crippen molar-refractivity contribution in [3.63, 3.8) is 0 Å². The lowest BCUT2D eigenvalue weighted by atomic mass is 10.2. The number of nitrogens with one attached hydrogen (secondary N) is 1. The van der Waals surface area contributed by atoms with Gasteiger partial charge in [-0.25, -0.2) is 4.98 Å². The van der Waals surface area contributed by atoms with E-state index < -0.39 is 0 Å².